The summed E-state index contributed by atoms with van der Waals surface area (Å²) in [6.45, 7) is 3.74. The number of hydrogen-bond donors (Lipinski definition) is 1. The molecule has 3 saturated heterocycles. The number of pyridine rings is 1. The molecule has 3 aliphatic heterocycles. The highest BCUT2D eigenvalue weighted by atomic mass is 15.2. The minimum absolute atomic E-state index is 0.188. The molecule has 0 aliphatic carbocycles. The van der Waals surface area contributed by atoms with Crippen molar-refractivity contribution in [2.24, 2.45) is 5.92 Å². The largest absolute Gasteiger partial charge is 0.302 e. The van der Waals surface area contributed by atoms with Crippen molar-refractivity contribution < 1.29 is 0 Å². The van der Waals surface area contributed by atoms with Gasteiger partial charge in [0.15, 0.2) is 0 Å². The summed E-state index contributed by atoms with van der Waals surface area (Å²) in [6, 6.07) is 17.7. The molecule has 0 radical (unpaired) electrons. The van der Waals surface area contributed by atoms with Gasteiger partial charge >= 0.3 is 0 Å². The van der Waals surface area contributed by atoms with E-state index in [4.69, 9.17) is 0 Å². The highest BCUT2D eigenvalue weighted by molar-refractivity contribution is 5.28. The summed E-state index contributed by atoms with van der Waals surface area (Å²) < 4.78 is 0. The van der Waals surface area contributed by atoms with E-state index < -0.39 is 0 Å². The van der Waals surface area contributed by atoms with E-state index >= 15 is 0 Å². The molecule has 3 aliphatic rings. The molecule has 1 aromatic heterocycles. The predicted molar refractivity (Wildman–Crippen MR) is 88.6 cm³/mol. The third-order valence-corrected chi connectivity index (χ3v) is 5.15. The van der Waals surface area contributed by atoms with Gasteiger partial charge in [-0.2, -0.15) is 0 Å². The number of hydrogen-bond acceptors (Lipinski definition) is 3. The van der Waals surface area contributed by atoms with Crippen molar-refractivity contribution in [1.29, 1.82) is 0 Å². The van der Waals surface area contributed by atoms with Gasteiger partial charge in [-0.05, 0) is 49.5 Å². The van der Waals surface area contributed by atoms with Crippen LogP contribution in [0.1, 0.15) is 30.1 Å². The summed E-state index contributed by atoms with van der Waals surface area (Å²) in [6.07, 6.45) is 4.56. The molecule has 3 heteroatoms. The van der Waals surface area contributed by atoms with Crippen LogP contribution < -0.4 is 5.32 Å². The van der Waals surface area contributed by atoms with Crippen LogP contribution in [-0.4, -0.2) is 35.6 Å². The molecule has 2 unspecified atom stereocenters. The summed E-state index contributed by atoms with van der Waals surface area (Å²) in [7, 11) is 0. The Morgan fingerprint density at radius 2 is 1.77 bits per heavy atom. The zero-order valence-corrected chi connectivity index (χ0v) is 12.9. The molecule has 2 bridgehead atoms. The number of fused-ring (bicyclic) bond motifs is 3. The topological polar surface area (TPSA) is 28.2 Å². The summed E-state index contributed by atoms with van der Waals surface area (Å²) in [5.74, 6) is 0.819. The molecule has 1 N–H and O–H groups in total. The first-order chi connectivity index (χ1) is 10.9. The van der Waals surface area contributed by atoms with Gasteiger partial charge in [0.1, 0.15) is 0 Å². The standard InChI is InChI=1S/C19H23N3/c1-2-6-16(7-3-1)19(17-8-4-5-11-20-17)21-18-14-22-12-9-15(18)10-13-22/h1-8,11,15,18-19,21H,9-10,12-14H2. The number of nitrogens with zero attached hydrogens (tertiary/aromatic N) is 2. The Hall–Kier alpha value is -1.71. The van der Waals surface area contributed by atoms with Crippen LogP contribution in [0.5, 0.6) is 0 Å². The summed E-state index contributed by atoms with van der Waals surface area (Å²) in [5, 5.41) is 3.92. The molecule has 0 saturated carbocycles. The zero-order valence-electron chi connectivity index (χ0n) is 12.9. The maximum Gasteiger partial charge on any atom is 0.0754 e. The van der Waals surface area contributed by atoms with Gasteiger partial charge in [-0.15, -0.1) is 0 Å². The van der Waals surface area contributed by atoms with Crippen molar-refractivity contribution in [3.8, 4) is 0 Å². The molecule has 2 atom stereocenters. The van der Waals surface area contributed by atoms with E-state index in [1.165, 1.54) is 38.0 Å². The first-order valence-electron chi connectivity index (χ1n) is 8.34. The quantitative estimate of drug-likeness (QED) is 0.939. The minimum atomic E-state index is 0.188. The highest BCUT2D eigenvalue weighted by Gasteiger charge is 2.35. The summed E-state index contributed by atoms with van der Waals surface area (Å²) in [5.41, 5.74) is 2.42. The van der Waals surface area contributed by atoms with Gasteiger partial charge in [0.25, 0.3) is 0 Å². The summed E-state index contributed by atoms with van der Waals surface area (Å²) in [4.78, 5) is 7.20. The van der Waals surface area contributed by atoms with Crippen LogP contribution in [0.25, 0.3) is 0 Å². The lowest BCUT2D eigenvalue weighted by molar-refractivity contribution is 0.0689. The second-order valence-electron chi connectivity index (χ2n) is 6.51. The highest BCUT2D eigenvalue weighted by Crippen LogP contribution is 2.30. The van der Waals surface area contributed by atoms with Gasteiger partial charge in [-0.25, -0.2) is 0 Å². The Morgan fingerprint density at radius 1 is 1.00 bits per heavy atom. The number of rotatable bonds is 4. The Bertz CT molecular complexity index is 551. The molecule has 114 valence electrons. The Balaban J connectivity index is 1.61. The first-order valence-corrected chi connectivity index (χ1v) is 8.34. The van der Waals surface area contributed by atoms with Crippen LogP contribution in [0.4, 0.5) is 0 Å². The Morgan fingerprint density at radius 3 is 2.41 bits per heavy atom. The van der Waals surface area contributed by atoms with Crippen molar-refractivity contribution in [1.82, 2.24) is 15.2 Å². The molecular weight excluding hydrogens is 270 g/mol. The smallest absolute Gasteiger partial charge is 0.0754 e. The number of piperidine rings is 3. The Labute approximate surface area is 132 Å². The van der Waals surface area contributed by atoms with Gasteiger partial charge in [-0.3, -0.25) is 4.98 Å². The van der Waals surface area contributed by atoms with Crippen molar-refractivity contribution in [2.75, 3.05) is 19.6 Å². The second-order valence-corrected chi connectivity index (χ2v) is 6.51. The van der Waals surface area contributed by atoms with E-state index in [0.29, 0.717) is 6.04 Å². The van der Waals surface area contributed by atoms with E-state index in [1.54, 1.807) is 0 Å². The normalized spacial score (nSPS) is 28.5. The maximum atomic E-state index is 4.61. The monoisotopic (exact) mass is 293 g/mol. The van der Waals surface area contributed by atoms with Crippen LogP contribution in [0.15, 0.2) is 54.7 Å². The fourth-order valence-corrected chi connectivity index (χ4v) is 3.91. The van der Waals surface area contributed by atoms with Crippen LogP contribution >= 0.6 is 0 Å². The van der Waals surface area contributed by atoms with Crippen molar-refractivity contribution in [3.63, 3.8) is 0 Å². The van der Waals surface area contributed by atoms with Crippen LogP contribution in [0.2, 0.25) is 0 Å². The molecule has 0 amide bonds. The fourth-order valence-electron chi connectivity index (χ4n) is 3.91. The van der Waals surface area contributed by atoms with Crippen molar-refractivity contribution in [3.05, 3.63) is 66.0 Å². The second kappa shape index (κ2) is 6.19. The van der Waals surface area contributed by atoms with Gasteiger partial charge < -0.3 is 10.2 Å². The maximum absolute atomic E-state index is 4.61. The minimum Gasteiger partial charge on any atom is -0.302 e. The number of nitrogens with one attached hydrogen (secondary N) is 1. The van der Waals surface area contributed by atoms with E-state index in [-0.39, 0.29) is 6.04 Å². The van der Waals surface area contributed by atoms with E-state index in [9.17, 15) is 0 Å². The number of benzene rings is 1. The molecule has 1 aromatic carbocycles. The molecule has 5 rings (SSSR count). The van der Waals surface area contributed by atoms with Gasteiger partial charge in [0, 0.05) is 18.8 Å². The predicted octanol–water partition coefficient (Wildman–Crippen LogP) is 2.85. The summed E-state index contributed by atoms with van der Waals surface area (Å²) >= 11 is 0. The van der Waals surface area contributed by atoms with E-state index in [2.05, 4.69) is 57.7 Å². The zero-order chi connectivity index (χ0) is 14.8. The van der Waals surface area contributed by atoms with E-state index in [0.717, 1.165) is 11.6 Å². The van der Waals surface area contributed by atoms with Crippen molar-refractivity contribution >= 4 is 0 Å². The lowest BCUT2D eigenvalue weighted by atomic mass is 9.83. The molecule has 3 fully saturated rings. The molecule has 3 nitrogen and oxygen atoms in total. The van der Waals surface area contributed by atoms with Crippen LogP contribution in [0, 0.1) is 5.92 Å². The van der Waals surface area contributed by atoms with Crippen molar-refractivity contribution in [2.45, 2.75) is 24.9 Å². The molecule has 0 spiro atoms. The third-order valence-electron chi connectivity index (χ3n) is 5.15. The van der Waals surface area contributed by atoms with Crippen LogP contribution in [0.3, 0.4) is 0 Å². The SMILES string of the molecule is c1ccc(C(NC2CN3CCC2CC3)c2ccccn2)cc1. The lowest BCUT2D eigenvalue weighted by Gasteiger charge is -2.46. The average Bonchev–Trinajstić information content (AvgIpc) is 2.62. The fraction of sp³-hybridized carbons (Fsp3) is 0.421. The van der Waals surface area contributed by atoms with Crippen LogP contribution in [-0.2, 0) is 0 Å². The average molecular weight is 293 g/mol. The molecule has 4 heterocycles. The Kier molecular flexibility index (Phi) is 3.92. The lowest BCUT2D eigenvalue weighted by Crippen LogP contribution is -2.56. The number of aromatic nitrogens is 1. The van der Waals surface area contributed by atoms with E-state index in [1.807, 2.05) is 12.3 Å². The van der Waals surface area contributed by atoms with Gasteiger partial charge in [0.2, 0.25) is 0 Å². The third kappa shape index (κ3) is 2.79. The first kappa shape index (κ1) is 13.9. The molecule has 22 heavy (non-hydrogen) atoms. The van der Waals surface area contributed by atoms with Gasteiger partial charge in [-0.1, -0.05) is 36.4 Å². The van der Waals surface area contributed by atoms with Gasteiger partial charge in [0.05, 0.1) is 11.7 Å². The molecule has 2 aromatic rings. The molecular formula is C19H23N3.